The minimum absolute atomic E-state index is 0.149. The van der Waals surface area contributed by atoms with E-state index in [9.17, 15) is 10.5 Å². The first-order valence-corrected chi connectivity index (χ1v) is 22.9. The van der Waals surface area contributed by atoms with Gasteiger partial charge in [0, 0.05) is 59.8 Å². The number of hydrogen-bond donors (Lipinski definition) is 0. The monoisotopic (exact) mass is 850 g/mol. The van der Waals surface area contributed by atoms with Crippen LogP contribution in [-0.2, 0) is 10.8 Å². The van der Waals surface area contributed by atoms with Crippen molar-refractivity contribution in [2.45, 2.75) is 48.3 Å². The van der Waals surface area contributed by atoms with Crippen molar-refractivity contribution in [2.24, 2.45) is 0 Å². The largest absolute Gasteiger partial charge is 0.310 e. The Morgan fingerprint density at radius 2 is 0.846 bits per heavy atom. The number of anilines is 6. The maximum atomic E-state index is 9.75. The average Bonchev–Trinajstić information content (AvgIpc) is 3.71. The fourth-order valence-electron chi connectivity index (χ4n) is 10.8. The second kappa shape index (κ2) is 14.3. The third kappa shape index (κ3) is 5.83. The van der Waals surface area contributed by atoms with Crippen molar-refractivity contribution in [2.75, 3.05) is 9.80 Å². The van der Waals surface area contributed by atoms with Gasteiger partial charge in [0.25, 0.3) is 0 Å². The first kappa shape index (κ1) is 38.8. The van der Waals surface area contributed by atoms with E-state index in [4.69, 9.17) is 0 Å². The first-order valence-electron chi connectivity index (χ1n) is 22.1. The quantitative estimate of drug-likeness (QED) is 0.167. The van der Waals surface area contributed by atoms with E-state index in [0.29, 0.717) is 11.1 Å². The predicted molar refractivity (Wildman–Crippen MR) is 267 cm³/mol. The molecule has 0 atom stereocenters. The normalized spacial score (nSPS) is 14.0. The fraction of sp³-hybridized carbons (Fsp3) is 0.100. The first-order chi connectivity index (χ1) is 31.6. The van der Waals surface area contributed by atoms with Crippen LogP contribution in [0.25, 0.3) is 44.2 Å². The molecule has 65 heavy (non-hydrogen) atoms. The van der Waals surface area contributed by atoms with Gasteiger partial charge in [-0.05, 0) is 153 Å². The molecule has 0 spiro atoms. The van der Waals surface area contributed by atoms with Crippen LogP contribution in [0.4, 0.5) is 34.1 Å². The zero-order valence-electron chi connectivity index (χ0n) is 36.5. The van der Waals surface area contributed by atoms with Gasteiger partial charge in [-0.2, -0.15) is 10.5 Å². The highest BCUT2D eigenvalue weighted by Crippen LogP contribution is 2.55. The molecule has 0 bridgehead atoms. The van der Waals surface area contributed by atoms with Crippen LogP contribution in [-0.4, -0.2) is 0 Å². The fourth-order valence-corrected chi connectivity index (χ4v) is 12.0. The number of nitriles is 2. The van der Waals surface area contributed by atoms with Crippen LogP contribution in [0.2, 0.25) is 0 Å². The molecule has 1 heterocycles. The van der Waals surface area contributed by atoms with E-state index in [1.807, 2.05) is 36.0 Å². The predicted octanol–water partition coefficient (Wildman–Crippen LogP) is 16.3. The molecule has 2 aliphatic carbocycles. The molecule has 3 aliphatic rings. The van der Waals surface area contributed by atoms with Crippen molar-refractivity contribution in [3.05, 3.63) is 215 Å². The lowest BCUT2D eigenvalue weighted by molar-refractivity contribution is 0.660. The minimum Gasteiger partial charge on any atom is -0.310 e. The van der Waals surface area contributed by atoms with Crippen LogP contribution in [0.3, 0.4) is 0 Å². The lowest BCUT2D eigenvalue weighted by Crippen LogP contribution is -2.17. The topological polar surface area (TPSA) is 54.1 Å². The third-order valence-electron chi connectivity index (χ3n) is 14.1. The summed E-state index contributed by atoms with van der Waals surface area (Å²) in [6, 6.07) is 69.9. The smallest absolute Gasteiger partial charge is 0.0991 e. The van der Waals surface area contributed by atoms with Crippen LogP contribution in [0.1, 0.15) is 61.1 Å². The zero-order valence-corrected chi connectivity index (χ0v) is 37.3. The summed E-state index contributed by atoms with van der Waals surface area (Å²) in [6.45, 7) is 9.29. The van der Waals surface area contributed by atoms with Gasteiger partial charge in [0.2, 0.25) is 0 Å². The molecule has 0 unspecified atom stereocenters. The molecule has 0 aromatic heterocycles. The minimum atomic E-state index is -0.157. The standard InChI is InChI=1S/C60H42N4S/c1-59(2)51-13-7-5-10-44(51)46-27-24-41(32-53(46)59)63(39-20-16-37(35-61)17-21-39)43-26-29-48-49-30-31-55(50-12-9-15-56(58(49)50)65-57(48)34-43)64(40-22-18-38(36-62)19-23-40)42-25-28-47-45-11-6-8-14-52(45)60(3,4)54(47)33-42/h5-34H,1-4H3. The van der Waals surface area contributed by atoms with E-state index in [1.54, 1.807) is 0 Å². The van der Waals surface area contributed by atoms with Gasteiger partial charge in [-0.1, -0.05) is 124 Å². The number of rotatable bonds is 6. The Kier molecular flexibility index (Phi) is 8.57. The number of nitrogens with zero attached hydrogens (tertiary/aromatic N) is 4. The van der Waals surface area contributed by atoms with Crippen LogP contribution < -0.4 is 9.80 Å². The molecule has 1 aliphatic heterocycles. The molecule has 0 radical (unpaired) electrons. The number of fused-ring (bicyclic) bond motifs is 8. The maximum absolute atomic E-state index is 9.75. The van der Waals surface area contributed by atoms with Gasteiger partial charge >= 0.3 is 0 Å². The second-order valence-electron chi connectivity index (χ2n) is 18.4. The lowest BCUT2D eigenvalue weighted by atomic mass is 9.82. The molecule has 0 saturated heterocycles. The molecule has 5 heteroatoms. The summed E-state index contributed by atoms with van der Waals surface area (Å²) in [7, 11) is 0. The molecule has 308 valence electrons. The van der Waals surface area contributed by atoms with Gasteiger partial charge in [0.1, 0.15) is 0 Å². The molecule has 9 aromatic carbocycles. The van der Waals surface area contributed by atoms with Gasteiger partial charge in [-0.25, -0.2) is 0 Å². The van der Waals surface area contributed by atoms with E-state index < -0.39 is 0 Å². The van der Waals surface area contributed by atoms with Gasteiger partial charge in [-0.3, -0.25) is 0 Å². The zero-order chi connectivity index (χ0) is 44.2. The van der Waals surface area contributed by atoms with E-state index in [-0.39, 0.29) is 10.8 Å². The SMILES string of the molecule is CC1(C)c2ccccc2-c2ccc(N(c3ccc(C#N)cc3)c3ccc4c(c3)Sc3cccc5c(N(c6ccc(C#N)cc6)c6ccc7c(c6)C(C)(C)c6ccccc6-7)ccc-4c35)cc21. The third-order valence-corrected chi connectivity index (χ3v) is 15.2. The molecule has 9 aromatic rings. The Bertz CT molecular complexity index is 3550. The van der Waals surface area contributed by atoms with Crippen molar-refractivity contribution >= 4 is 56.7 Å². The van der Waals surface area contributed by atoms with Crippen LogP contribution in [0.15, 0.2) is 192 Å². The summed E-state index contributed by atoms with van der Waals surface area (Å²) in [4.78, 5) is 7.08. The second-order valence-corrected chi connectivity index (χ2v) is 19.5. The Morgan fingerprint density at radius 1 is 0.385 bits per heavy atom. The Balaban J connectivity index is 0.987. The molecule has 0 fully saturated rings. The van der Waals surface area contributed by atoms with Crippen molar-refractivity contribution in [1.82, 2.24) is 0 Å². The summed E-state index contributed by atoms with van der Waals surface area (Å²) in [5, 5.41) is 21.9. The number of benzene rings is 9. The maximum Gasteiger partial charge on any atom is 0.0991 e. The highest BCUT2D eigenvalue weighted by Gasteiger charge is 2.37. The lowest BCUT2D eigenvalue weighted by Gasteiger charge is -2.31. The summed E-state index contributed by atoms with van der Waals surface area (Å²) in [6.07, 6.45) is 0. The summed E-state index contributed by atoms with van der Waals surface area (Å²) >= 11 is 1.82. The van der Waals surface area contributed by atoms with E-state index in [1.165, 1.54) is 70.8 Å². The average molecular weight is 851 g/mol. The summed E-state index contributed by atoms with van der Waals surface area (Å²) < 4.78 is 0. The van der Waals surface area contributed by atoms with Crippen LogP contribution >= 0.6 is 11.8 Å². The van der Waals surface area contributed by atoms with Crippen molar-refractivity contribution in [1.29, 1.82) is 10.5 Å². The summed E-state index contributed by atoms with van der Waals surface area (Å²) in [5.74, 6) is 0. The Morgan fingerprint density at radius 3 is 1.42 bits per heavy atom. The van der Waals surface area contributed by atoms with Gasteiger partial charge in [0.15, 0.2) is 0 Å². The van der Waals surface area contributed by atoms with Crippen molar-refractivity contribution in [3.8, 4) is 45.5 Å². The molecule has 4 nitrogen and oxygen atoms in total. The number of hydrogen-bond acceptors (Lipinski definition) is 5. The van der Waals surface area contributed by atoms with Gasteiger partial charge < -0.3 is 9.80 Å². The van der Waals surface area contributed by atoms with Crippen molar-refractivity contribution < 1.29 is 0 Å². The molecule has 0 amide bonds. The van der Waals surface area contributed by atoms with Gasteiger partial charge in [0.05, 0.1) is 29.0 Å². The van der Waals surface area contributed by atoms with E-state index >= 15 is 0 Å². The molecule has 0 N–H and O–H groups in total. The highest BCUT2D eigenvalue weighted by atomic mass is 32.2. The molecule has 12 rings (SSSR count). The highest BCUT2D eigenvalue weighted by molar-refractivity contribution is 7.99. The Hall–Kier alpha value is -7.83. The molecular formula is C60H42N4S. The van der Waals surface area contributed by atoms with Gasteiger partial charge in [-0.15, -0.1) is 0 Å². The van der Waals surface area contributed by atoms with Crippen LogP contribution in [0, 0.1) is 22.7 Å². The van der Waals surface area contributed by atoms with Crippen LogP contribution in [0.5, 0.6) is 0 Å². The molecule has 0 saturated carbocycles. The molecular weight excluding hydrogens is 809 g/mol. The summed E-state index contributed by atoms with van der Waals surface area (Å²) in [5.41, 5.74) is 20.1. The van der Waals surface area contributed by atoms with E-state index in [2.05, 4.69) is 207 Å². The van der Waals surface area contributed by atoms with Crippen molar-refractivity contribution in [3.63, 3.8) is 0 Å². The Labute approximate surface area is 384 Å². The van der Waals surface area contributed by atoms with E-state index in [0.717, 1.165) is 39.5 Å².